The minimum Gasteiger partial charge on any atom is -0.355 e. The molecular formula is C26H32N4O2S2. The van der Waals surface area contributed by atoms with Crippen LogP contribution in [0.25, 0.3) is 5.69 Å². The molecule has 6 nitrogen and oxygen atoms in total. The lowest BCUT2D eigenvalue weighted by atomic mass is 9.88. The van der Waals surface area contributed by atoms with Crippen molar-refractivity contribution >= 4 is 40.7 Å². The summed E-state index contributed by atoms with van der Waals surface area (Å²) in [5.41, 5.74) is 3.69. The zero-order chi connectivity index (χ0) is 24.5. The van der Waals surface area contributed by atoms with Crippen molar-refractivity contribution < 1.29 is 9.59 Å². The smallest absolute Gasteiger partial charge is 0.240 e. The Kier molecular flexibility index (Phi) is 7.19. The number of benzene rings is 1. The number of nitrogens with zero attached hydrogens (tertiary/aromatic N) is 3. The number of hydrogen-bond donors (Lipinski definition) is 1. The predicted molar refractivity (Wildman–Crippen MR) is 141 cm³/mol. The van der Waals surface area contributed by atoms with Gasteiger partial charge in [-0.25, -0.2) is 4.68 Å². The summed E-state index contributed by atoms with van der Waals surface area (Å²) in [6.07, 6.45) is 0.844. The highest BCUT2D eigenvalue weighted by Gasteiger charge is 2.40. The molecule has 1 N–H and O–H groups in total. The topological polar surface area (TPSA) is 67.2 Å². The summed E-state index contributed by atoms with van der Waals surface area (Å²) in [7, 11) is 0. The Bertz CT molecular complexity index is 1180. The molecule has 0 bridgehead atoms. The number of para-hydroxylation sites is 1. The van der Waals surface area contributed by atoms with Gasteiger partial charge in [0.2, 0.25) is 11.8 Å². The van der Waals surface area contributed by atoms with E-state index in [4.69, 9.17) is 5.10 Å². The first-order valence-electron chi connectivity index (χ1n) is 11.6. The second kappa shape index (κ2) is 9.96. The monoisotopic (exact) mass is 496 g/mol. The highest BCUT2D eigenvalue weighted by molar-refractivity contribution is 8.00. The summed E-state index contributed by atoms with van der Waals surface area (Å²) in [4.78, 5) is 29.2. The van der Waals surface area contributed by atoms with Crippen molar-refractivity contribution in [2.75, 3.05) is 23.7 Å². The van der Waals surface area contributed by atoms with Crippen molar-refractivity contribution in [3.63, 3.8) is 0 Å². The van der Waals surface area contributed by atoms with Gasteiger partial charge >= 0.3 is 0 Å². The Morgan fingerprint density at radius 1 is 1.21 bits per heavy atom. The molecule has 0 radical (unpaired) electrons. The number of carbonyl (C=O) groups excluding carboxylic acids is 2. The Morgan fingerprint density at radius 3 is 2.62 bits per heavy atom. The predicted octanol–water partition coefficient (Wildman–Crippen LogP) is 5.24. The van der Waals surface area contributed by atoms with Crippen LogP contribution in [0.2, 0.25) is 0 Å². The Hall–Kier alpha value is -2.58. The molecule has 2 amide bonds. The van der Waals surface area contributed by atoms with E-state index in [-0.39, 0.29) is 29.0 Å². The van der Waals surface area contributed by atoms with Gasteiger partial charge in [-0.1, -0.05) is 52.0 Å². The van der Waals surface area contributed by atoms with Gasteiger partial charge in [-0.15, -0.1) is 23.1 Å². The van der Waals surface area contributed by atoms with Crippen LogP contribution in [-0.2, 0) is 15.0 Å². The van der Waals surface area contributed by atoms with Crippen LogP contribution >= 0.6 is 23.1 Å². The van der Waals surface area contributed by atoms with Gasteiger partial charge in [-0.2, -0.15) is 5.10 Å². The normalized spacial score (nSPS) is 16.3. The maximum absolute atomic E-state index is 13.5. The van der Waals surface area contributed by atoms with E-state index in [0.29, 0.717) is 18.1 Å². The number of fused-ring (bicyclic) bond motifs is 1. The molecule has 0 saturated heterocycles. The lowest BCUT2D eigenvalue weighted by Gasteiger charge is -2.24. The average Bonchev–Trinajstić information content (AvgIpc) is 3.43. The largest absolute Gasteiger partial charge is 0.355 e. The molecule has 3 aromatic rings. The number of amides is 2. The van der Waals surface area contributed by atoms with Crippen LogP contribution in [0, 0.1) is 6.92 Å². The Balaban J connectivity index is 1.99. The number of aryl methyl sites for hydroxylation is 1. The molecule has 1 aliphatic rings. The molecule has 8 heteroatoms. The minimum atomic E-state index is -0.252. The number of anilines is 1. The van der Waals surface area contributed by atoms with Gasteiger partial charge in [0.15, 0.2) is 0 Å². The van der Waals surface area contributed by atoms with Crippen LogP contribution in [-0.4, -0.2) is 40.4 Å². The first kappa shape index (κ1) is 24.5. The molecular weight excluding hydrogens is 464 g/mol. The van der Waals surface area contributed by atoms with Crippen LogP contribution < -0.4 is 10.2 Å². The molecule has 2 aromatic heterocycles. The van der Waals surface area contributed by atoms with Crippen LogP contribution in [0.5, 0.6) is 0 Å². The second-order valence-electron chi connectivity index (χ2n) is 9.57. The van der Waals surface area contributed by atoms with E-state index in [2.05, 4.69) is 37.5 Å². The summed E-state index contributed by atoms with van der Waals surface area (Å²) in [6.45, 7) is 11.1. The lowest BCUT2D eigenvalue weighted by molar-refractivity contribution is -0.122. The molecule has 1 aliphatic heterocycles. The van der Waals surface area contributed by atoms with E-state index in [1.807, 2.05) is 48.9 Å². The zero-order valence-electron chi connectivity index (χ0n) is 20.4. The zero-order valence-corrected chi connectivity index (χ0v) is 22.1. The van der Waals surface area contributed by atoms with Crippen molar-refractivity contribution in [1.82, 2.24) is 15.1 Å². The van der Waals surface area contributed by atoms with E-state index >= 15 is 0 Å². The highest BCUT2D eigenvalue weighted by Crippen LogP contribution is 2.49. The fourth-order valence-corrected chi connectivity index (χ4v) is 6.35. The van der Waals surface area contributed by atoms with Gasteiger partial charge < -0.3 is 5.32 Å². The van der Waals surface area contributed by atoms with Gasteiger partial charge in [0, 0.05) is 22.4 Å². The fourth-order valence-electron chi connectivity index (χ4n) is 4.17. The standard InChI is InChI=1S/C26H32N4O2S2/c1-6-13-27-20(31)15-29-21(32)16-34-23(19-12-9-14-33-19)22-24(26(3,4)5)28-30(25(22)29)18-11-8-7-10-17(18)2/h7-12,14,23H,6,13,15-16H2,1-5H3,(H,27,31)/t23-/m1/s1. The van der Waals surface area contributed by atoms with Crippen LogP contribution in [0.1, 0.15) is 61.1 Å². The quantitative estimate of drug-likeness (QED) is 0.507. The van der Waals surface area contributed by atoms with Crippen molar-refractivity contribution in [2.45, 2.75) is 51.7 Å². The molecule has 4 rings (SSSR count). The van der Waals surface area contributed by atoms with Gasteiger partial charge in [-0.05, 0) is 36.4 Å². The molecule has 0 saturated carbocycles. The third-order valence-corrected chi connectivity index (χ3v) is 8.14. The summed E-state index contributed by atoms with van der Waals surface area (Å²) < 4.78 is 1.89. The molecule has 1 aromatic carbocycles. The van der Waals surface area contributed by atoms with Crippen LogP contribution in [0.3, 0.4) is 0 Å². The molecule has 0 fully saturated rings. The number of carbonyl (C=O) groups is 2. The fraction of sp³-hybridized carbons (Fsp3) is 0.423. The summed E-state index contributed by atoms with van der Waals surface area (Å²) in [5, 5.41) is 10.1. The van der Waals surface area contributed by atoms with Crippen molar-refractivity contribution in [3.8, 4) is 5.69 Å². The number of thioether (sulfide) groups is 1. The molecule has 0 unspecified atom stereocenters. The first-order chi connectivity index (χ1) is 16.2. The summed E-state index contributed by atoms with van der Waals surface area (Å²) in [6, 6.07) is 12.2. The molecule has 3 heterocycles. The Labute approximate surface area is 209 Å². The second-order valence-corrected chi connectivity index (χ2v) is 11.6. The third kappa shape index (κ3) is 4.79. The average molecular weight is 497 g/mol. The number of aromatic nitrogens is 2. The van der Waals surface area contributed by atoms with E-state index in [1.165, 1.54) is 4.88 Å². The SMILES string of the molecule is CCCNC(=O)CN1C(=O)CS[C@H](c2cccs2)c2c(C(C)(C)C)nn(-c3ccccc3C)c21. The lowest BCUT2D eigenvalue weighted by Crippen LogP contribution is -2.42. The minimum absolute atomic E-state index is 0.0231. The maximum Gasteiger partial charge on any atom is 0.240 e. The van der Waals surface area contributed by atoms with Gasteiger partial charge in [-0.3, -0.25) is 14.5 Å². The van der Waals surface area contributed by atoms with Gasteiger partial charge in [0.05, 0.1) is 22.4 Å². The van der Waals surface area contributed by atoms with Crippen molar-refractivity contribution in [1.29, 1.82) is 0 Å². The molecule has 1 atom stereocenters. The first-order valence-corrected chi connectivity index (χ1v) is 13.6. The molecule has 0 spiro atoms. The number of hydrogen-bond acceptors (Lipinski definition) is 5. The molecule has 34 heavy (non-hydrogen) atoms. The third-order valence-electron chi connectivity index (χ3n) is 5.82. The van der Waals surface area contributed by atoms with Gasteiger partial charge in [0.25, 0.3) is 0 Å². The number of nitrogens with one attached hydrogen (secondary N) is 1. The maximum atomic E-state index is 13.5. The van der Waals surface area contributed by atoms with Gasteiger partial charge in [0.1, 0.15) is 12.4 Å². The van der Waals surface area contributed by atoms with E-state index < -0.39 is 0 Å². The van der Waals surface area contributed by atoms with Crippen molar-refractivity contribution in [3.05, 3.63) is 63.5 Å². The van der Waals surface area contributed by atoms with E-state index in [9.17, 15) is 9.59 Å². The van der Waals surface area contributed by atoms with E-state index in [0.717, 1.165) is 28.9 Å². The molecule has 0 aliphatic carbocycles. The summed E-state index contributed by atoms with van der Waals surface area (Å²) in [5.74, 6) is 0.775. The number of thiophene rings is 1. The van der Waals surface area contributed by atoms with E-state index in [1.54, 1.807) is 28.0 Å². The summed E-state index contributed by atoms with van der Waals surface area (Å²) >= 11 is 3.31. The highest BCUT2D eigenvalue weighted by atomic mass is 32.2. The number of rotatable bonds is 6. The Morgan fingerprint density at radius 2 is 1.97 bits per heavy atom. The van der Waals surface area contributed by atoms with Crippen molar-refractivity contribution in [2.24, 2.45) is 0 Å². The van der Waals surface area contributed by atoms with Crippen LogP contribution in [0.4, 0.5) is 5.82 Å². The molecule has 180 valence electrons. The van der Waals surface area contributed by atoms with Crippen LogP contribution in [0.15, 0.2) is 41.8 Å².